The molecule has 0 aliphatic rings. The van der Waals surface area contributed by atoms with E-state index in [1.165, 1.54) is 11.3 Å². The molecule has 1 atom stereocenters. The number of thiazole rings is 1. The summed E-state index contributed by atoms with van der Waals surface area (Å²) in [5.74, 6) is 1.83. The average Bonchev–Trinajstić information content (AvgIpc) is 2.93. The third kappa shape index (κ3) is 4.89. The van der Waals surface area contributed by atoms with Gasteiger partial charge >= 0.3 is 0 Å². The second kappa shape index (κ2) is 8.73. The molecule has 0 fully saturated rings. The highest BCUT2D eigenvalue weighted by molar-refractivity contribution is 7.07. The first-order valence-electron chi connectivity index (χ1n) is 8.81. The zero-order chi connectivity index (χ0) is 19.2. The van der Waals surface area contributed by atoms with Crippen LogP contribution in [0, 0.1) is 5.92 Å². The van der Waals surface area contributed by atoms with Gasteiger partial charge in [0, 0.05) is 18.5 Å². The summed E-state index contributed by atoms with van der Waals surface area (Å²) in [4.78, 5) is 12.2. The molecule has 0 spiro atoms. The molecule has 3 aromatic rings. The van der Waals surface area contributed by atoms with E-state index in [-0.39, 0.29) is 11.5 Å². The van der Waals surface area contributed by atoms with Crippen molar-refractivity contribution >= 4 is 24.0 Å². The van der Waals surface area contributed by atoms with Crippen LogP contribution in [0.2, 0.25) is 0 Å². The van der Waals surface area contributed by atoms with Crippen molar-refractivity contribution < 1.29 is 9.47 Å². The van der Waals surface area contributed by atoms with Crippen LogP contribution < -0.4 is 24.2 Å². The van der Waals surface area contributed by atoms with Crippen LogP contribution in [0.4, 0.5) is 0 Å². The van der Waals surface area contributed by atoms with E-state index in [2.05, 4.69) is 13.5 Å². The van der Waals surface area contributed by atoms with Crippen LogP contribution in [0.3, 0.4) is 0 Å². The minimum Gasteiger partial charge on any atom is -0.493 e. The molecule has 0 N–H and O–H groups in total. The van der Waals surface area contributed by atoms with Gasteiger partial charge in [-0.3, -0.25) is 4.79 Å². The fraction of sp³-hybridized carbons (Fsp3) is 0.227. The van der Waals surface area contributed by atoms with Crippen LogP contribution >= 0.6 is 11.3 Å². The van der Waals surface area contributed by atoms with E-state index in [0.29, 0.717) is 17.7 Å². The van der Waals surface area contributed by atoms with Crippen molar-refractivity contribution in [2.45, 2.75) is 6.92 Å². The zero-order valence-electron chi connectivity index (χ0n) is 15.6. The molecule has 3 rings (SSSR count). The molecule has 0 saturated heterocycles. The van der Waals surface area contributed by atoms with Crippen molar-refractivity contribution in [3.63, 3.8) is 0 Å². The predicted octanol–water partition coefficient (Wildman–Crippen LogP) is 2.78. The molecule has 0 saturated carbocycles. The first-order valence-corrected chi connectivity index (χ1v) is 9.62. The smallest absolute Gasteiger partial charge is 0.268 e. The van der Waals surface area contributed by atoms with Crippen molar-refractivity contribution in [2.24, 2.45) is 13.0 Å². The Labute approximate surface area is 162 Å². The lowest BCUT2D eigenvalue weighted by Gasteiger charge is -2.15. The Balaban J connectivity index is 1.68. The Kier molecular flexibility index (Phi) is 6.14. The highest BCUT2D eigenvalue weighted by atomic mass is 32.1. The van der Waals surface area contributed by atoms with E-state index in [9.17, 15) is 4.79 Å². The van der Waals surface area contributed by atoms with Crippen molar-refractivity contribution in [1.29, 1.82) is 0 Å². The molecule has 5 heteroatoms. The summed E-state index contributed by atoms with van der Waals surface area (Å²) < 4.78 is 14.7. The Bertz CT molecular complexity index is 1050. The molecule has 140 valence electrons. The van der Waals surface area contributed by atoms with Crippen molar-refractivity contribution in [3.05, 3.63) is 79.7 Å². The largest absolute Gasteiger partial charge is 0.493 e. The number of benzene rings is 2. The standard InChI is InChI=1S/C22H23NO3S/c1-16(14-25-19-10-5-4-6-11-19)15-26-20-12-8-7-9-18(20)13-21-22(24)23(3)17(2)27-21/h4-13,16H,2,14-15H2,1,3H3. The number of hydrogen-bond donors (Lipinski definition) is 0. The van der Waals surface area contributed by atoms with E-state index in [1.807, 2.05) is 60.7 Å². The fourth-order valence-electron chi connectivity index (χ4n) is 2.52. The van der Waals surface area contributed by atoms with Crippen LogP contribution in [0.1, 0.15) is 12.5 Å². The van der Waals surface area contributed by atoms with Gasteiger partial charge in [-0.05, 0) is 24.3 Å². The van der Waals surface area contributed by atoms with Gasteiger partial charge in [-0.15, -0.1) is 11.3 Å². The molecule has 1 unspecified atom stereocenters. The van der Waals surface area contributed by atoms with Crippen LogP contribution in [-0.2, 0) is 7.05 Å². The van der Waals surface area contributed by atoms with Gasteiger partial charge in [0.2, 0.25) is 0 Å². The molecule has 0 radical (unpaired) electrons. The first-order chi connectivity index (χ1) is 13.0. The van der Waals surface area contributed by atoms with Crippen LogP contribution in [-0.4, -0.2) is 17.8 Å². The normalized spacial score (nSPS) is 12.7. The minimum absolute atomic E-state index is 0.0376. The minimum atomic E-state index is -0.0376. The molecule has 2 aromatic carbocycles. The summed E-state index contributed by atoms with van der Waals surface area (Å²) in [6, 6.07) is 17.5. The summed E-state index contributed by atoms with van der Waals surface area (Å²) in [7, 11) is 1.73. The lowest BCUT2D eigenvalue weighted by Crippen LogP contribution is -2.28. The molecule has 4 nitrogen and oxygen atoms in total. The van der Waals surface area contributed by atoms with Gasteiger partial charge in [-0.1, -0.05) is 49.9 Å². The van der Waals surface area contributed by atoms with E-state index in [0.717, 1.165) is 21.7 Å². The molecule has 0 bridgehead atoms. The summed E-state index contributed by atoms with van der Waals surface area (Å²) in [5.41, 5.74) is 0.844. The Morgan fingerprint density at radius 1 is 1.07 bits per heavy atom. The maximum atomic E-state index is 12.2. The lowest BCUT2D eigenvalue weighted by molar-refractivity contribution is 0.188. The predicted molar refractivity (Wildman–Crippen MR) is 111 cm³/mol. The highest BCUT2D eigenvalue weighted by Gasteiger charge is 2.08. The molecule has 1 heterocycles. The number of para-hydroxylation sites is 2. The zero-order valence-corrected chi connectivity index (χ0v) is 16.4. The van der Waals surface area contributed by atoms with Crippen LogP contribution in [0.5, 0.6) is 11.5 Å². The van der Waals surface area contributed by atoms with Crippen molar-refractivity contribution in [1.82, 2.24) is 4.57 Å². The topological polar surface area (TPSA) is 40.5 Å². The molecule has 0 aliphatic carbocycles. The van der Waals surface area contributed by atoms with E-state index in [1.54, 1.807) is 11.6 Å². The number of ether oxygens (including phenoxy) is 2. The highest BCUT2D eigenvalue weighted by Crippen LogP contribution is 2.19. The fourth-order valence-corrected chi connectivity index (χ4v) is 3.40. The van der Waals surface area contributed by atoms with E-state index in [4.69, 9.17) is 9.47 Å². The molecular weight excluding hydrogens is 358 g/mol. The van der Waals surface area contributed by atoms with Gasteiger partial charge in [-0.25, -0.2) is 0 Å². The summed E-state index contributed by atoms with van der Waals surface area (Å²) in [6.07, 6.45) is 1.86. The third-order valence-electron chi connectivity index (χ3n) is 4.12. The Hall–Kier alpha value is -2.79. The maximum absolute atomic E-state index is 12.2. The monoisotopic (exact) mass is 381 g/mol. The quantitative estimate of drug-likeness (QED) is 0.632. The number of nitrogens with zero attached hydrogens (tertiary/aromatic N) is 1. The van der Waals surface area contributed by atoms with Crippen molar-refractivity contribution in [3.8, 4) is 11.5 Å². The third-order valence-corrected chi connectivity index (χ3v) is 5.15. The van der Waals surface area contributed by atoms with Gasteiger partial charge < -0.3 is 14.0 Å². The summed E-state index contributed by atoms with van der Waals surface area (Å²) >= 11 is 1.38. The lowest BCUT2D eigenvalue weighted by atomic mass is 10.2. The van der Waals surface area contributed by atoms with Gasteiger partial charge in [0.05, 0.1) is 22.4 Å². The molecule has 1 aromatic heterocycles. The Morgan fingerprint density at radius 3 is 2.44 bits per heavy atom. The van der Waals surface area contributed by atoms with Gasteiger partial charge in [0.25, 0.3) is 5.56 Å². The number of hydrogen-bond acceptors (Lipinski definition) is 4. The molecule has 27 heavy (non-hydrogen) atoms. The van der Waals surface area contributed by atoms with Gasteiger partial charge in [0.15, 0.2) is 0 Å². The number of rotatable bonds is 7. The Morgan fingerprint density at radius 2 is 1.74 bits per heavy atom. The van der Waals surface area contributed by atoms with E-state index >= 15 is 0 Å². The van der Waals surface area contributed by atoms with E-state index < -0.39 is 0 Å². The molecule has 0 amide bonds. The second-order valence-electron chi connectivity index (χ2n) is 6.45. The van der Waals surface area contributed by atoms with Gasteiger partial charge in [-0.2, -0.15) is 0 Å². The number of aromatic nitrogens is 1. The summed E-state index contributed by atoms with van der Waals surface area (Å²) in [6.45, 7) is 7.07. The van der Waals surface area contributed by atoms with Crippen molar-refractivity contribution in [2.75, 3.05) is 13.2 Å². The average molecular weight is 381 g/mol. The maximum Gasteiger partial charge on any atom is 0.268 e. The second-order valence-corrected chi connectivity index (χ2v) is 7.56. The SMILES string of the molecule is C=c1sc(=Cc2ccccc2OCC(C)COc2ccccc2)c(=O)n1C. The van der Waals surface area contributed by atoms with Crippen LogP contribution in [0.15, 0.2) is 59.4 Å². The summed E-state index contributed by atoms with van der Waals surface area (Å²) in [5, 5.41) is 0. The first kappa shape index (κ1) is 19.0. The van der Waals surface area contributed by atoms with Gasteiger partial charge in [0.1, 0.15) is 11.5 Å². The molecule has 0 aliphatic heterocycles. The van der Waals surface area contributed by atoms with Crippen LogP contribution in [0.25, 0.3) is 12.7 Å². The molecular formula is C22H23NO3S.